The highest BCUT2D eigenvalue weighted by atomic mass is 16.5. The van der Waals surface area contributed by atoms with Crippen molar-refractivity contribution in [2.75, 3.05) is 5.32 Å². The molecule has 2 aromatic carbocycles. The number of nitrogens with one attached hydrogen (secondary N) is 1. The van der Waals surface area contributed by atoms with E-state index in [2.05, 4.69) is 31.0 Å². The topological polar surface area (TPSA) is 112 Å². The molecule has 0 saturated carbocycles. The average Bonchev–Trinajstić information content (AvgIpc) is 3.44. The van der Waals surface area contributed by atoms with E-state index in [-0.39, 0.29) is 5.91 Å². The summed E-state index contributed by atoms with van der Waals surface area (Å²) in [6.45, 7) is 5.74. The van der Waals surface area contributed by atoms with E-state index in [9.17, 15) is 4.79 Å². The van der Waals surface area contributed by atoms with Gasteiger partial charge >= 0.3 is 0 Å². The lowest BCUT2D eigenvalue weighted by atomic mass is 10.0. The van der Waals surface area contributed by atoms with Crippen molar-refractivity contribution >= 4 is 22.7 Å². The minimum Gasteiger partial charge on any atom is -0.335 e. The molecule has 0 unspecified atom stereocenters. The molecule has 0 radical (unpaired) electrons. The van der Waals surface area contributed by atoms with Crippen molar-refractivity contribution in [3.63, 3.8) is 0 Å². The molecule has 0 aliphatic heterocycles. The summed E-state index contributed by atoms with van der Waals surface area (Å²) >= 11 is 0. The van der Waals surface area contributed by atoms with Crippen molar-refractivity contribution in [1.82, 2.24) is 30.3 Å². The molecule has 0 fully saturated rings. The lowest BCUT2D eigenvalue weighted by Gasteiger charge is -2.11. The van der Waals surface area contributed by atoms with Gasteiger partial charge in [-0.25, -0.2) is 9.67 Å². The zero-order chi connectivity index (χ0) is 22.2. The highest BCUT2D eigenvalue weighted by Gasteiger charge is 2.20. The van der Waals surface area contributed by atoms with Gasteiger partial charge in [0.1, 0.15) is 6.33 Å². The van der Waals surface area contributed by atoms with Crippen LogP contribution in [0.5, 0.6) is 0 Å². The molecule has 32 heavy (non-hydrogen) atoms. The third kappa shape index (κ3) is 3.49. The zero-order valence-electron chi connectivity index (χ0n) is 17.7. The highest BCUT2D eigenvalue weighted by Crippen LogP contribution is 2.28. The van der Waals surface area contributed by atoms with Crippen LogP contribution < -0.4 is 5.32 Å². The Balaban J connectivity index is 1.52. The van der Waals surface area contributed by atoms with Crippen LogP contribution in [0.1, 0.15) is 27.2 Å². The Labute approximate surface area is 183 Å². The maximum Gasteiger partial charge on any atom is 0.259 e. The van der Waals surface area contributed by atoms with Crippen molar-refractivity contribution in [3.8, 4) is 16.9 Å². The molecule has 3 aromatic heterocycles. The van der Waals surface area contributed by atoms with E-state index in [1.807, 2.05) is 56.3 Å². The number of amides is 1. The molecule has 0 spiro atoms. The Morgan fingerprint density at radius 2 is 1.84 bits per heavy atom. The van der Waals surface area contributed by atoms with Crippen molar-refractivity contribution in [1.29, 1.82) is 0 Å². The maximum absolute atomic E-state index is 13.3. The minimum atomic E-state index is -0.272. The summed E-state index contributed by atoms with van der Waals surface area (Å²) in [6.07, 6.45) is 1.52. The van der Waals surface area contributed by atoms with Crippen LogP contribution in [0.25, 0.3) is 28.0 Å². The number of aromatic nitrogens is 6. The fraction of sp³-hybridized carbons (Fsp3) is 0.130. The molecule has 9 nitrogen and oxygen atoms in total. The van der Waals surface area contributed by atoms with Crippen LogP contribution in [-0.4, -0.2) is 36.3 Å². The molecule has 0 aliphatic rings. The number of aryl methyl sites for hydroxylation is 3. The van der Waals surface area contributed by atoms with Gasteiger partial charge in [-0.3, -0.25) is 4.79 Å². The first-order valence-corrected chi connectivity index (χ1v) is 9.99. The zero-order valence-corrected chi connectivity index (χ0v) is 17.7. The van der Waals surface area contributed by atoms with Gasteiger partial charge in [-0.15, -0.1) is 5.10 Å². The summed E-state index contributed by atoms with van der Waals surface area (Å²) < 4.78 is 6.96. The fourth-order valence-corrected chi connectivity index (χ4v) is 3.61. The number of pyridine rings is 1. The highest BCUT2D eigenvalue weighted by molar-refractivity contribution is 6.13. The molecule has 0 atom stereocenters. The van der Waals surface area contributed by atoms with Gasteiger partial charge in [0.25, 0.3) is 11.6 Å². The van der Waals surface area contributed by atoms with Gasteiger partial charge in [0.15, 0.2) is 0 Å². The third-order valence-corrected chi connectivity index (χ3v) is 5.26. The van der Waals surface area contributed by atoms with E-state index in [0.29, 0.717) is 33.7 Å². The number of hydrogen-bond acceptors (Lipinski definition) is 7. The normalized spacial score (nSPS) is 11.1. The molecule has 158 valence electrons. The van der Waals surface area contributed by atoms with Gasteiger partial charge in [-0.2, -0.15) is 0 Å². The first kappa shape index (κ1) is 19.6. The number of carbonyl (C=O) groups excluding carboxylic acids is 1. The lowest BCUT2D eigenvalue weighted by molar-refractivity contribution is 0.102. The predicted octanol–water partition coefficient (Wildman–Crippen LogP) is 4.04. The van der Waals surface area contributed by atoms with Crippen molar-refractivity contribution in [3.05, 3.63) is 77.2 Å². The van der Waals surface area contributed by atoms with E-state index in [1.54, 1.807) is 17.7 Å². The monoisotopic (exact) mass is 425 g/mol. The summed E-state index contributed by atoms with van der Waals surface area (Å²) in [6, 6.07) is 15.2. The first-order valence-electron chi connectivity index (χ1n) is 9.99. The molecule has 3 heterocycles. The summed E-state index contributed by atoms with van der Waals surface area (Å²) in [5.74, 6) is -0.272. The summed E-state index contributed by atoms with van der Waals surface area (Å²) in [5.41, 5.74) is 6.46. The summed E-state index contributed by atoms with van der Waals surface area (Å²) in [7, 11) is 0. The number of tetrazole rings is 1. The Hall–Kier alpha value is -4.40. The van der Waals surface area contributed by atoms with E-state index < -0.39 is 0 Å². The number of hydrogen-bond donors (Lipinski definition) is 1. The SMILES string of the molecule is Cc1ccc(-c2cc(C(=O)Nc3ccc(-n4cnnn4)c(C)c3)c3c(C)noc3n2)cc1. The van der Waals surface area contributed by atoms with Gasteiger partial charge in [-0.1, -0.05) is 35.0 Å². The number of carbonyl (C=O) groups is 1. The number of fused-ring (bicyclic) bond motifs is 1. The molecule has 0 aliphatic carbocycles. The quantitative estimate of drug-likeness (QED) is 0.462. The van der Waals surface area contributed by atoms with Crippen LogP contribution in [0.2, 0.25) is 0 Å². The number of rotatable bonds is 4. The van der Waals surface area contributed by atoms with Gasteiger partial charge in [0.2, 0.25) is 0 Å². The van der Waals surface area contributed by atoms with Crippen LogP contribution in [0.3, 0.4) is 0 Å². The second-order valence-corrected chi connectivity index (χ2v) is 7.58. The maximum atomic E-state index is 13.3. The first-order chi connectivity index (χ1) is 15.5. The van der Waals surface area contributed by atoms with Crippen LogP contribution in [0.4, 0.5) is 5.69 Å². The Morgan fingerprint density at radius 3 is 2.56 bits per heavy atom. The van der Waals surface area contributed by atoms with E-state index in [4.69, 9.17) is 4.52 Å². The summed E-state index contributed by atoms with van der Waals surface area (Å²) in [5, 5.41) is 18.8. The molecule has 5 rings (SSSR count). The Bertz CT molecular complexity index is 1440. The van der Waals surface area contributed by atoms with E-state index in [0.717, 1.165) is 22.4 Å². The second kappa shape index (κ2) is 7.69. The number of benzene rings is 2. The molecule has 5 aromatic rings. The third-order valence-electron chi connectivity index (χ3n) is 5.26. The average molecular weight is 425 g/mol. The predicted molar refractivity (Wildman–Crippen MR) is 119 cm³/mol. The van der Waals surface area contributed by atoms with E-state index >= 15 is 0 Å². The van der Waals surface area contributed by atoms with Crippen LogP contribution >= 0.6 is 0 Å². The van der Waals surface area contributed by atoms with Crippen LogP contribution in [0.15, 0.2) is 59.4 Å². The lowest BCUT2D eigenvalue weighted by Crippen LogP contribution is -2.13. The largest absolute Gasteiger partial charge is 0.335 e. The molecule has 9 heteroatoms. The van der Waals surface area contributed by atoms with Crippen molar-refractivity contribution in [2.45, 2.75) is 20.8 Å². The van der Waals surface area contributed by atoms with E-state index in [1.165, 1.54) is 6.33 Å². The van der Waals surface area contributed by atoms with Gasteiger partial charge in [0.05, 0.1) is 28.0 Å². The Morgan fingerprint density at radius 1 is 1.03 bits per heavy atom. The Kier molecular flexibility index (Phi) is 4.70. The molecule has 1 N–H and O–H groups in total. The number of anilines is 1. The molecule has 0 saturated heterocycles. The van der Waals surface area contributed by atoms with Gasteiger partial charge < -0.3 is 9.84 Å². The minimum absolute atomic E-state index is 0.272. The van der Waals surface area contributed by atoms with Crippen LogP contribution in [-0.2, 0) is 0 Å². The van der Waals surface area contributed by atoms with Crippen molar-refractivity contribution in [2.24, 2.45) is 0 Å². The number of nitrogens with zero attached hydrogens (tertiary/aromatic N) is 6. The van der Waals surface area contributed by atoms with Crippen LogP contribution in [0, 0.1) is 20.8 Å². The smallest absolute Gasteiger partial charge is 0.259 e. The molecular weight excluding hydrogens is 406 g/mol. The summed E-state index contributed by atoms with van der Waals surface area (Å²) in [4.78, 5) is 17.9. The molecular formula is C23H19N7O2. The van der Waals surface area contributed by atoms with Gasteiger partial charge in [-0.05, 0) is 61.0 Å². The standard InChI is InChI=1S/C23H19N7O2/c1-13-4-6-16(7-5-13)19-11-18(21-15(3)27-32-23(21)26-19)22(31)25-17-8-9-20(14(2)10-17)30-12-24-28-29-30/h4-12H,1-3H3,(H,25,31). The molecule has 1 amide bonds. The fourth-order valence-electron chi connectivity index (χ4n) is 3.61. The van der Waals surface area contributed by atoms with Crippen molar-refractivity contribution < 1.29 is 9.32 Å². The second-order valence-electron chi connectivity index (χ2n) is 7.58. The molecule has 0 bridgehead atoms. The van der Waals surface area contributed by atoms with Gasteiger partial charge in [0, 0.05) is 11.3 Å².